The predicted octanol–water partition coefficient (Wildman–Crippen LogP) is 4.74. The zero-order chi connectivity index (χ0) is 14.4. The van der Waals surface area contributed by atoms with E-state index in [1.54, 1.807) is 0 Å². The highest BCUT2D eigenvalue weighted by Gasteiger charge is 2.01. The van der Waals surface area contributed by atoms with Crippen molar-refractivity contribution in [1.29, 1.82) is 0 Å². The molecule has 0 fully saturated rings. The fraction of sp³-hybridized carbons (Fsp3) is 0.867. The molecule has 0 heterocycles. The van der Waals surface area contributed by atoms with Crippen molar-refractivity contribution in [3.8, 4) is 0 Å². The van der Waals surface area contributed by atoms with Crippen LogP contribution in [0.25, 0.3) is 0 Å². The van der Waals surface area contributed by atoms with Crippen LogP contribution in [-0.2, 0) is 10.1 Å². The zero-order valence-corrected chi connectivity index (χ0v) is 13.1. The summed E-state index contributed by atoms with van der Waals surface area (Å²) in [7, 11) is -3.77. The fourth-order valence-corrected chi connectivity index (χ4v) is 2.55. The summed E-state index contributed by atoms with van der Waals surface area (Å²) in [6, 6.07) is 0. The Hall–Kier alpha value is -0.350. The third-order valence-electron chi connectivity index (χ3n) is 3.16. The maximum Gasteiger partial charge on any atom is 0.264 e. The van der Waals surface area contributed by atoms with E-state index < -0.39 is 10.1 Å². The van der Waals surface area contributed by atoms with E-state index in [0.29, 0.717) is 6.42 Å². The molecular formula is C15H30O3S. The Balaban J connectivity index is 3.17. The number of hydrogen-bond donors (Lipinski definition) is 1. The van der Waals surface area contributed by atoms with E-state index in [9.17, 15) is 8.42 Å². The lowest BCUT2D eigenvalue weighted by Crippen LogP contribution is -2.02. The topological polar surface area (TPSA) is 54.4 Å². The molecule has 0 aliphatic rings. The summed E-state index contributed by atoms with van der Waals surface area (Å²) in [5, 5.41) is 0. The van der Waals surface area contributed by atoms with E-state index in [4.69, 9.17) is 4.55 Å². The molecule has 114 valence electrons. The standard InChI is InChI=1S/C15H30O3S/c1-2-3-4-5-6-7-8-9-10-11-12-13-14-15-19(16,17)18/h11-12H,2-10,13-15H2,1H3,(H,16,17,18). The van der Waals surface area contributed by atoms with Crippen LogP contribution < -0.4 is 0 Å². The van der Waals surface area contributed by atoms with Crippen LogP contribution in [0.15, 0.2) is 12.2 Å². The summed E-state index contributed by atoms with van der Waals surface area (Å²) in [6.07, 6.45) is 17.1. The first-order valence-electron chi connectivity index (χ1n) is 7.66. The number of unbranched alkanes of at least 4 members (excludes halogenated alkanes) is 9. The molecule has 0 unspecified atom stereocenters. The summed E-state index contributed by atoms with van der Waals surface area (Å²) in [5.74, 6) is -0.130. The summed E-state index contributed by atoms with van der Waals surface area (Å²) in [4.78, 5) is 0. The molecule has 0 rings (SSSR count). The van der Waals surface area contributed by atoms with Crippen molar-refractivity contribution in [2.24, 2.45) is 0 Å². The number of rotatable bonds is 13. The third kappa shape index (κ3) is 17.6. The Morgan fingerprint density at radius 1 is 0.789 bits per heavy atom. The molecular weight excluding hydrogens is 260 g/mol. The average molecular weight is 290 g/mol. The van der Waals surface area contributed by atoms with E-state index >= 15 is 0 Å². The van der Waals surface area contributed by atoms with Crippen molar-refractivity contribution in [3.63, 3.8) is 0 Å². The van der Waals surface area contributed by atoms with Crippen LogP contribution in [0.4, 0.5) is 0 Å². The van der Waals surface area contributed by atoms with Crippen molar-refractivity contribution in [2.45, 2.75) is 77.6 Å². The van der Waals surface area contributed by atoms with Gasteiger partial charge in [-0.1, -0.05) is 64.0 Å². The molecule has 0 aromatic carbocycles. The molecule has 0 atom stereocenters. The van der Waals surface area contributed by atoms with Crippen LogP contribution >= 0.6 is 0 Å². The monoisotopic (exact) mass is 290 g/mol. The molecule has 0 saturated carbocycles. The maximum atomic E-state index is 10.5. The highest BCUT2D eigenvalue weighted by Crippen LogP contribution is 2.09. The Morgan fingerprint density at radius 2 is 1.26 bits per heavy atom. The first-order chi connectivity index (χ1) is 9.06. The Morgan fingerprint density at radius 3 is 1.79 bits per heavy atom. The van der Waals surface area contributed by atoms with Gasteiger partial charge in [-0.15, -0.1) is 0 Å². The van der Waals surface area contributed by atoms with Crippen molar-refractivity contribution >= 4 is 10.1 Å². The van der Waals surface area contributed by atoms with Crippen LogP contribution in [0.1, 0.15) is 77.6 Å². The van der Waals surface area contributed by atoms with Gasteiger partial charge in [0.15, 0.2) is 0 Å². The van der Waals surface area contributed by atoms with Crippen molar-refractivity contribution in [2.75, 3.05) is 5.75 Å². The SMILES string of the molecule is CCCCCCCCCCC=CCCCS(=O)(=O)O. The van der Waals surface area contributed by atoms with Gasteiger partial charge in [-0.05, 0) is 25.7 Å². The zero-order valence-electron chi connectivity index (χ0n) is 12.3. The van der Waals surface area contributed by atoms with E-state index in [-0.39, 0.29) is 5.75 Å². The summed E-state index contributed by atoms with van der Waals surface area (Å²) in [6.45, 7) is 2.24. The van der Waals surface area contributed by atoms with Gasteiger partial charge in [0, 0.05) is 0 Å². The maximum absolute atomic E-state index is 10.5. The van der Waals surface area contributed by atoms with E-state index in [0.717, 1.165) is 12.8 Å². The van der Waals surface area contributed by atoms with Gasteiger partial charge in [0.25, 0.3) is 10.1 Å². The van der Waals surface area contributed by atoms with Crippen LogP contribution in [0.2, 0.25) is 0 Å². The lowest BCUT2D eigenvalue weighted by atomic mass is 10.1. The highest BCUT2D eigenvalue weighted by molar-refractivity contribution is 7.85. The second-order valence-corrected chi connectivity index (χ2v) is 6.74. The Labute approximate surface area is 119 Å². The van der Waals surface area contributed by atoms with Crippen molar-refractivity contribution in [3.05, 3.63) is 12.2 Å². The smallest absolute Gasteiger partial charge is 0.264 e. The van der Waals surface area contributed by atoms with Crippen molar-refractivity contribution in [1.82, 2.24) is 0 Å². The molecule has 0 saturated heterocycles. The molecule has 3 nitrogen and oxygen atoms in total. The average Bonchev–Trinajstić information content (AvgIpc) is 2.34. The van der Waals surface area contributed by atoms with Crippen LogP contribution in [0.3, 0.4) is 0 Å². The Kier molecular flexibility index (Phi) is 12.4. The fourth-order valence-electron chi connectivity index (χ4n) is 2.02. The first kappa shape index (κ1) is 18.7. The summed E-state index contributed by atoms with van der Waals surface area (Å²) < 4.78 is 29.5. The van der Waals surface area contributed by atoms with Crippen molar-refractivity contribution < 1.29 is 13.0 Å². The van der Waals surface area contributed by atoms with Gasteiger partial charge in [0.1, 0.15) is 0 Å². The molecule has 0 radical (unpaired) electrons. The molecule has 0 bridgehead atoms. The minimum atomic E-state index is -3.77. The summed E-state index contributed by atoms with van der Waals surface area (Å²) >= 11 is 0. The number of hydrogen-bond acceptors (Lipinski definition) is 2. The van der Waals surface area contributed by atoms with Gasteiger partial charge in [-0.25, -0.2) is 0 Å². The van der Waals surface area contributed by atoms with Gasteiger partial charge in [0.2, 0.25) is 0 Å². The summed E-state index contributed by atoms with van der Waals surface area (Å²) in [5.41, 5.74) is 0. The predicted molar refractivity (Wildman–Crippen MR) is 82.0 cm³/mol. The quantitative estimate of drug-likeness (QED) is 0.303. The van der Waals surface area contributed by atoms with Gasteiger partial charge in [0.05, 0.1) is 5.75 Å². The first-order valence-corrected chi connectivity index (χ1v) is 9.27. The minimum Gasteiger partial charge on any atom is -0.286 e. The second-order valence-electron chi connectivity index (χ2n) is 5.16. The van der Waals surface area contributed by atoms with Gasteiger partial charge < -0.3 is 0 Å². The Bertz CT molecular complexity index is 307. The highest BCUT2D eigenvalue weighted by atomic mass is 32.2. The van der Waals surface area contributed by atoms with E-state index in [1.807, 2.05) is 6.08 Å². The third-order valence-corrected chi connectivity index (χ3v) is 3.97. The molecule has 1 N–H and O–H groups in total. The lowest BCUT2D eigenvalue weighted by molar-refractivity contribution is 0.481. The van der Waals surface area contributed by atoms with Crippen LogP contribution in [0, 0.1) is 0 Å². The normalized spacial score (nSPS) is 12.3. The van der Waals surface area contributed by atoms with Gasteiger partial charge in [-0.3, -0.25) is 4.55 Å². The lowest BCUT2D eigenvalue weighted by Gasteiger charge is -1.99. The van der Waals surface area contributed by atoms with Gasteiger partial charge >= 0.3 is 0 Å². The molecule has 0 aliphatic heterocycles. The van der Waals surface area contributed by atoms with E-state index in [2.05, 4.69) is 13.0 Å². The molecule has 0 spiro atoms. The molecule has 0 aromatic heterocycles. The van der Waals surface area contributed by atoms with Crippen LogP contribution in [-0.4, -0.2) is 18.7 Å². The molecule has 0 aliphatic carbocycles. The number of allylic oxidation sites excluding steroid dienone is 2. The van der Waals surface area contributed by atoms with Crippen LogP contribution in [0.5, 0.6) is 0 Å². The molecule has 0 amide bonds. The molecule has 19 heavy (non-hydrogen) atoms. The largest absolute Gasteiger partial charge is 0.286 e. The molecule has 4 heteroatoms. The second kappa shape index (κ2) is 12.7. The minimum absolute atomic E-state index is 0.130. The van der Waals surface area contributed by atoms with Gasteiger partial charge in [-0.2, -0.15) is 8.42 Å². The molecule has 0 aromatic rings. The van der Waals surface area contributed by atoms with E-state index in [1.165, 1.54) is 51.4 Å².